The van der Waals surface area contributed by atoms with E-state index in [1.54, 1.807) is 0 Å². The van der Waals surface area contributed by atoms with Gasteiger partial charge in [-0.05, 0) is 24.3 Å². The molecule has 0 fully saturated rings. The molecule has 0 heterocycles. The number of halogens is 1. The van der Waals surface area contributed by atoms with Crippen LogP contribution in [0, 0.1) is 10.1 Å². The van der Waals surface area contributed by atoms with Gasteiger partial charge in [-0.1, -0.05) is 23.4 Å². The molecule has 0 saturated carbocycles. The minimum absolute atomic E-state index is 0.0104. The number of carbonyl (C=O) groups is 1. The Kier molecular flexibility index (Phi) is 4.77. The normalized spacial score (nSPS) is 10.7. The second-order valence-electron chi connectivity index (χ2n) is 4.34. The zero-order chi connectivity index (χ0) is 17.0. The van der Waals surface area contributed by atoms with Crippen molar-refractivity contribution in [3.8, 4) is 11.5 Å². The third-order valence-corrected chi connectivity index (χ3v) is 3.00. The van der Waals surface area contributed by atoms with E-state index in [0.29, 0.717) is 0 Å². The van der Waals surface area contributed by atoms with Gasteiger partial charge in [-0.15, -0.1) is 0 Å². The van der Waals surface area contributed by atoms with E-state index in [9.17, 15) is 25.1 Å². The van der Waals surface area contributed by atoms with Gasteiger partial charge < -0.3 is 10.2 Å². The van der Waals surface area contributed by atoms with E-state index in [-0.39, 0.29) is 27.6 Å². The SMILES string of the molecule is O=C(N/N=C\c1cc(O)ccc1[N+](=O)[O-])c1cc(Cl)ccc1[O-]. The van der Waals surface area contributed by atoms with Crippen molar-refractivity contribution in [3.05, 3.63) is 62.7 Å². The fourth-order valence-corrected chi connectivity index (χ4v) is 1.88. The number of amides is 1. The Hall–Kier alpha value is -3.13. The van der Waals surface area contributed by atoms with Gasteiger partial charge in [0.05, 0.1) is 16.7 Å². The molecule has 0 aromatic heterocycles. The van der Waals surface area contributed by atoms with Gasteiger partial charge >= 0.3 is 0 Å². The number of rotatable bonds is 4. The van der Waals surface area contributed by atoms with E-state index < -0.39 is 16.6 Å². The lowest BCUT2D eigenvalue weighted by Gasteiger charge is -2.11. The monoisotopic (exact) mass is 334 g/mol. The van der Waals surface area contributed by atoms with Gasteiger partial charge in [0.1, 0.15) is 5.75 Å². The van der Waals surface area contributed by atoms with E-state index >= 15 is 0 Å². The molecule has 0 aliphatic heterocycles. The third kappa shape index (κ3) is 3.95. The highest BCUT2D eigenvalue weighted by atomic mass is 35.5. The average molecular weight is 335 g/mol. The predicted octanol–water partition coefficient (Wildman–Crippen LogP) is 1.79. The first-order valence-electron chi connectivity index (χ1n) is 6.16. The van der Waals surface area contributed by atoms with Crippen molar-refractivity contribution in [2.75, 3.05) is 0 Å². The minimum atomic E-state index is -0.809. The van der Waals surface area contributed by atoms with Gasteiger partial charge in [0.15, 0.2) is 0 Å². The fraction of sp³-hybridized carbons (Fsp3) is 0. The summed E-state index contributed by atoms with van der Waals surface area (Å²) in [6.45, 7) is 0. The van der Waals surface area contributed by atoms with Gasteiger partial charge in [0, 0.05) is 16.7 Å². The standard InChI is InChI=1S/C14H10ClN3O5/c15-9-1-4-13(20)11(6-9)14(21)17-16-7-8-5-10(19)2-3-12(8)18(22)23/h1-7,19-20H,(H,17,21)/p-1/b16-7-. The summed E-state index contributed by atoms with van der Waals surface area (Å²) in [5.41, 5.74) is 1.55. The first-order chi connectivity index (χ1) is 10.9. The van der Waals surface area contributed by atoms with Crippen molar-refractivity contribution < 1.29 is 19.9 Å². The summed E-state index contributed by atoms with van der Waals surface area (Å²) in [6, 6.07) is 7.05. The summed E-state index contributed by atoms with van der Waals surface area (Å²) < 4.78 is 0. The molecule has 2 aromatic carbocycles. The summed E-state index contributed by atoms with van der Waals surface area (Å²) in [5, 5.41) is 35.5. The molecule has 118 valence electrons. The molecule has 2 aromatic rings. The Bertz CT molecular complexity index is 807. The van der Waals surface area contributed by atoms with Crippen LogP contribution in [-0.2, 0) is 0 Å². The number of nitro benzene ring substituents is 1. The molecular weight excluding hydrogens is 326 g/mol. The van der Waals surface area contributed by atoms with Crippen LogP contribution in [0.15, 0.2) is 41.5 Å². The molecular formula is C14H9ClN3O5-. The maximum atomic E-state index is 11.8. The van der Waals surface area contributed by atoms with Gasteiger partial charge in [-0.3, -0.25) is 14.9 Å². The quantitative estimate of drug-likeness (QED) is 0.500. The molecule has 2 N–H and O–H groups in total. The summed E-state index contributed by atoms with van der Waals surface area (Å²) >= 11 is 5.70. The molecule has 0 aliphatic carbocycles. The molecule has 1 amide bonds. The van der Waals surface area contributed by atoms with Crippen molar-refractivity contribution in [2.45, 2.75) is 0 Å². The van der Waals surface area contributed by atoms with Gasteiger partial charge in [-0.2, -0.15) is 5.10 Å². The second kappa shape index (κ2) is 6.75. The molecule has 8 nitrogen and oxygen atoms in total. The van der Waals surface area contributed by atoms with Crippen LogP contribution in [-0.4, -0.2) is 22.2 Å². The van der Waals surface area contributed by atoms with Crippen molar-refractivity contribution in [2.24, 2.45) is 5.10 Å². The number of hydrogen-bond donors (Lipinski definition) is 2. The molecule has 0 spiro atoms. The average Bonchev–Trinajstić information content (AvgIpc) is 2.49. The van der Waals surface area contributed by atoms with Crippen LogP contribution in [0.4, 0.5) is 5.69 Å². The highest BCUT2D eigenvalue weighted by Gasteiger charge is 2.12. The number of phenols is 1. The Balaban J connectivity index is 2.19. The lowest BCUT2D eigenvalue weighted by molar-refractivity contribution is -0.385. The van der Waals surface area contributed by atoms with Crippen molar-refractivity contribution in [3.63, 3.8) is 0 Å². The topological polar surface area (TPSA) is 128 Å². The number of hydrogen-bond acceptors (Lipinski definition) is 6. The lowest BCUT2D eigenvalue weighted by Crippen LogP contribution is -2.19. The van der Waals surface area contributed by atoms with E-state index in [0.717, 1.165) is 30.5 Å². The van der Waals surface area contributed by atoms with Crippen molar-refractivity contribution in [1.82, 2.24) is 5.43 Å². The Labute approximate surface area is 134 Å². The van der Waals surface area contributed by atoms with E-state index in [1.807, 2.05) is 0 Å². The number of aromatic hydroxyl groups is 1. The van der Waals surface area contributed by atoms with Crippen LogP contribution in [0.1, 0.15) is 15.9 Å². The molecule has 0 bridgehead atoms. The number of carbonyl (C=O) groups excluding carboxylic acids is 1. The smallest absolute Gasteiger partial charge is 0.278 e. The number of hydrazone groups is 1. The molecule has 9 heteroatoms. The third-order valence-electron chi connectivity index (χ3n) is 2.76. The summed E-state index contributed by atoms with van der Waals surface area (Å²) in [4.78, 5) is 22.0. The number of nitro groups is 1. The maximum Gasteiger partial charge on any atom is 0.278 e. The second-order valence-corrected chi connectivity index (χ2v) is 4.78. The zero-order valence-corrected chi connectivity index (χ0v) is 12.1. The summed E-state index contributed by atoms with van der Waals surface area (Å²) in [6.07, 6.45) is 0.991. The number of benzene rings is 2. The summed E-state index contributed by atoms with van der Waals surface area (Å²) in [5.74, 6) is -1.54. The molecule has 0 aliphatic rings. The van der Waals surface area contributed by atoms with Gasteiger partial charge in [0.2, 0.25) is 0 Å². The van der Waals surface area contributed by atoms with E-state index in [4.69, 9.17) is 11.6 Å². The van der Waals surface area contributed by atoms with Crippen LogP contribution in [0.5, 0.6) is 11.5 Å². The number of nitrogens with zero attached hydrogens (tertiary/aromatic N) is 2. The highest BCUT2D eigenvalue weighted by Crippen LogP contribution is 2.22. The van der Waals surface area contributed by atoms with Gasteiger partial charge in [0.25, 0.3) is 11.6 Å². The first-order valence-corrected chi connectivity index (χ1v) is 6.53. The Morgan fingerprint density at radius 1 is 1.30 bits per heavy atom. The molecule has 23 heavy (non-hydrogen) atoms. The molecule has 0 unspecified atom stereocenters. The zero-order valence-electron chi connectivity index (χ0n) is 11.4. The van der Waals surface area contributed by atoms with Crippen molar-refractivity contribution >= 4 is 29.4 Å². The molecule has 0 radical (unpaired) electrons. The van der Waals surface area contributed by atoms with Crippen LogP contribution in [0.3, 0.4) is 0 Å². The van der Waals surface area contributed by atoms with Crippen LogP contribution in [0.2, 0.25) is 5.02 Å². The Morgan fingerprint density at radius 3 is 2.74 bits per heavy atom. The van der Waals surface area contributed by atoms with Crippen molar-refractivity contribution in [1.29, 1.82) is 0 Å². The lowest BCUT2D eigenvalue weighted by atomic mass is 10.2. The molecule has 2 rings (SSSR count). The van der Waals surface area contributed by atoms with Gasteiger partial charge in [-0.25, -0.2) is 5.43 Å². The first kappa shape index (κ1) is 16.2. The largest absolute Gasteiger partial charge is 0.872 e. The van der Waals surface area contributed by atoms with Crippen LogP contribution in [0.25, 0.3) is 0 Å². The predicted molar refractivity (Wildman–Crippen MR) is 80.7 cm³/mol. The van der Waals surface area contributed by atoms with Crippen LogP contribution < -0.4 is 10.5 Å². The molecule has 0 saturated heterocycles. The summed E-state index contributed by atoms with van der Waals surface area (Å²) in [7, 11) is 0. The van der Waals surface area contributed by atoms with E-state index in [2.05, 4.69) is 10.5 Å². The number of phenolic OH excluding ortho intramolecular Hbond substituents is 1. The minimum Gasteiger partial charge on any atom is -0.872 e. The molecule has 0 atom stereocenters. The number of nitrogens with one attached hydrogen (secondary N) is 1. The maximum absolute atomic E-state index is 11.8. The van der Waals surface area contributed by atoms with E-state index in [1.165, 1.54) is 12.1 Å². The fourth-order valence-electron chi connectivity index (χ4n) is 1.71. The van der Waals surface area contributed by atoms with Crippen LogP contribution >= 0.6 is 11.6 Å². The Morgan fingerprint density at radius 2 is 2.04 bits per heavy atom. The highest BCUT2D eigenvalue weighted by molar-refractivity contribution is 6.31.